The van der Waals surface area contributed by atoms with Crippen LogP contribution in [0.3, 0.4) is 0 Å². The minimum atomic E-state index is -3.54. The van der Waals surface area contributed by atoms with Gasteiger partial charge in [-0.15, -0.1) is 0 Å². The average molecular weight is 333 g/mol. The molecule has 0 amide bonds. The van der Waals surface area contributed by atoms with Gasteiger partial charge in [-0.2, -0.15) is 17.4 Å². The van der Waals surface area contributed by atoms with E-state index in [1.165, 1.54) is 4.31 Å². The highest BCUT2D eigenvalue weighted by atomic mass is 35.5. The largest absolute Gasteiger partial charge is 0.396 e. The van der Waals surface area contributed by atoms with Crippen LogP contribution in [0.1, 0.15) is 31.4 Å². The van der Waals surface area contributed by atoms with Gasteiger partial charge in [0, 0.05) is 30.8 Å². The molecule has 1 heterocycles. The molecule has 2 rings (SSSR count). The van der Waals surface area contributed by atoms with Crippen molar-refractivity contribution < 1.29 is 13.5 Å². The van der Waals surface area contributed by atoms with E-state index in [1.54, 1.807) is 19.1 Å². The van der Waals surface area contributed by atoms with Crippen molar-refractivity contribution in [1.82, 2.24) is 9.03 Å². The van der Waals surface area contributed by atoms with Crippen molar-refractivity contribution in [3.05, 3.63) is 34.9 Å². The quantitative estimate of drug-likeness (QED) is 0.865. The summed E-state index contributed by atoms with van der Waals surface area (Å²) >= 11 is 5.83. The Labute approximate surface area is 131 Å². The summed E-state index contributed by atoms with van der Waals surface area (Å²) in [6, 6.07) is 6.76. The fourth-order valence-electron chi connectivity index (χ4n) is 2.51. The molecule has 0 aromatic heterocycles. The summed E-state index contributed by atoms with van der Waals surface area (Å²) in [5.41, 5.74) is 0.860. The summed E-state index contributed by atoms with van der Waals surface area (Å²) in [6.07, 6.45) is 1.65. The zero-order valence-electron chi connectivity index (χ0n) is 12.0. The Morgan fingerprint density at radius 3 is 2.71 bits per heavy atom. The van der Waals surface area contributed by atoms with E-state index >= 15 is 0 Å². The number of benzene rings is 1. The van der Waals surface area contributed by atoms with Gasteiger partial charge in [0.1, 0.15) is 0 Å². The molecular formula is C14H21ClN2O3S. The first kappa shape index (κ1) is 16.7. The molecule has 0 bridgehead atoms. The number of halogens is 1. The molecule has 7 heteroatoms. The monoisotopic (exact) mass is 332 g/mol. The topological polar surface area (TPSA) is 69.6 Å². The van der Waals surface area contributed by atoms with Crippen molar-refractivity contribution in [2.75, 3.05) is 19.7 Å². The standard InChI is InChI=1S/C14H21ClN2O3S/c1-11(13-4-6-14(15)7-5-13)16-21(19,20)17-8-2-3-12(9-17)10-18/h4-7,11-12,16,18H,2-3,8-10H2,1H3. The predicted molar refractivity (Wildman–Crippen MR) is 83.3 cm³/mol. The van der Waals surface area contributed by atoms with Gasteiger partial charge in [0.2, 0.25) is 0 Å². The zero-order valence-corrected chi connectivity index (χ0v) is 13.6. The van der Waals surface area contributed by atoms with Gasteiger partial charge in [-0.1, -0.05) is 23.7 Å². The van der Waals surface area contributed by atoms with E-state index in [0.29, 0.717) is 18.1 Å². The maximum absolute atomic E-state index is 12.4. The van der Waals surface area contributed by atoms with E-state index in [4.69, 9.17) is 11.6 Å². The number of rotatable bonds is 5. The maximum atomic E-state index is 12.4. The van der Waals surface area contributed by atoms with Gasteiger partial charge < -0.3 is 5.11 Å². The number of nitrogens with one attached hydrogen (secondary N) is 1. The molecule has 0 aliphatic carbocycles. The molecule has 5 nitrogen and oxygen atoms in total. The molecule has 2 N–H and O–H groups in total. The highest BCUT2D eigenvalue weighted by Crippen LogP contribution is 2.21. The Morgan fingerprint density at radius 1 is 1.43 bits per heavy atom. The molecule has 0 radical (unpaired) electrons. The summed E-state index contributed by atoms with van der Waals surface area (Å²) in [7, 11) is -3.54. The number of piperidine rings is 1. The summed E-state index contributed by atoms with van der Waals surface area (Å²) in [6.45, 7) is 2.70. The Bertz CT molecular complexity index is 562. The van der Waals surface area contributed by atoms with Crippen LogP contribution in [-0.4, -0.2) is 37.5 Å². The van der Waals surface area contributed by atoms with Crippen LogP contribution in [0.2, 0.25) is 5.02 Å². The lowest BCUT2D eigenvalue weighted by atomic mass is 10.0. The summed E-state index contributed by atoms with van der Waals surface area (Å²) in [4.78, 5) is 0. The van der Waals surface area contributed by atoms with Crippen LogP contribution >= 0.6 is 11.6 Å². The number of aliphatic hydroxyl groups is 1. The van der Waals surface area contributed by atoms with Crippen LogP contribution in [0, 0.1) is 5.92 Å². The third kappa shape index (κ3) is 4.40. The summed E-state index contributed by atoms with van der Waals surface area (Å²) in [5, 5.41) is 9.83. The van der Waals surface area contributed by atoms with Gasteiger partial charge >= 0.3 is 0 Å². The van der Waals surface area contributed by atoms with E-state index in [9.17, 15) is 13.5 Å². The fraction of sp³-hybridized carbons (Fsp3) is 0.571. The van der Waals surface area contributed by atoms with Crippen LogP contribution in [0.25, 0.3) is 0 Å². The van der Waals surface area contributed by atoms with Crippen molar-refractivity contribution in [1.29, 1.82) is 0 Å². The highest BCUT2D eigenvalue weighted by Gasteiger charge is 2.29. The molecule has 21 heavy (non-hydrogen) atoms. The normalized spacial score (nSPS) is 22.1. The lowest BCUT2D eigenvalue weighted by Crippen LogP contribution is -2.47. The average Bonchev–Trinajstić information content (AvgIpc) is 2.47. The smallest absolute Gasteiger partial charge is 0.280 e. The molecule has 2 unspecified atom stereocenters. The van der Waals surface area contributed by atoms with Gasteiger partial charge in [-0.25, -0.2) is 0 Å². The molecule has 1 fully saturated rings. The minimum Gasteiger partial charge on any atom is -0.396 e. The molecular weight excluding hydrogens is 312 g/mol. The summed E-state index contributed by atoms with van der Waals surface area (Å²) < 4.78 is 28.9. The van der Waals surface area contributed by atoms with Crippen LogP contribution in [0.5, 0.6) is 0 Å². The van der Waals surface area contributed by atoms with E-state index < -0.39 is 10.2 Å². The Balaban J connectivity index is 2.04. The second-order valence-electron chi connectivity index (χ2n) is 5.44. The van der Waals surface area contributed by atoms with E-state index in [2.05, 4.69) is 4.72 Å². The van der Waals surface area contributed by atoms with Gasteiger partial charge in [-0.05, 0) is 43.4 Å². The Kier molecular flexibility index (Phi) is 5.62. The first-order chi connectivity index (χ1) is 9.92. The number of nitrogens with zero attached hydrogens (tertiary/aromatic N) is 1. The van der Waals surface area contributed by atoms with Gasteiger partial charge in [0.15, 0.2) is 0 Å². The first-order valence-corrected chi connectivity index (χ1v) is 8.88. The predicted octanol–water partition coefficient (Wildman–Crippen LogP) is 1.94. The molecule has 1 saturated heterocycles. The minimum absolute atomic E-state index is 0.0265. The van der Waals surface area contributed by atoms with Crippen LogP contribution in [-0.2, 0) is 10.2 Å². The van der Waals surface area contributed by atoms with Crippen molar-refractivity contribution >= 4 is 21.8 Å². The third-order valence-electron chi connectivity index (χ3n) is 3.78. The summed E-state index contributed by atoms with van der Waals surface area (Å²) in [5.74, 6) is 0.0289. The van der Waals surface area contributed by atoms with Crippen molar-refractivity contribution in [3.8, 4) is 0 Å². The molecule has 2 atom stereocenters. The second kappa shape index (κ2) is 7.07. The first-order valence-electron chi connectivity index (χ1n) is 7.06. The maximum Gasteiger partial charge on any atom is 0.280 e. The SMILES string of the molecule is CC(NS(=O)(=O)N1CCCC(CO)C1)c1ccc(Cl)cc1. The number of aliphatic hydroxyl groups excluding tert-OH is 1. The number of hydrogen-bond donors (Lipinski definition) is 2. The molecule has 1 aliphatic rings. The van der Waals surface area contributed by atoms with Gasteiger partial charge in [0.25, 0.3) is 10.2 Å². The highest BCUT2D eigenvalue weighted by molar-refractivity contribution is 7.87. The fourth-order valence-corrected chi connectivity index (χ4v) is 4.15. The molecule has 1 aromatic rings. The van der Waals surface area contributed by atoms with Gasteiger partial charge in [-0.3, -0.25) is 0 Å². The molecule has 1 aromatic carbocycles. The number of hydrogen-bond acceptors (Lipinski definition) is 3. The van der Waals surface area contributed by atoms with Crippen molar-refractivity contribution in [2.24, 2.45) is 5.92 Å². The zero-order chi connectivity index (χ0) is 15.5. The Morgan fingerprint density at radius 2 is 2.10 bits per heavy atom. The molecule has 118 valence electrons. The van der Waals surface area contributed by atoms with Crippen molar-refractivity contribution in [3.63, 3.8) is 0 Å². The van der Waals surface area contributed by atoms with Crippen LogP contribution in [0.15, 0.2) is 24.3 Å². The van der Waals surface area contributed by atoms with Crippen LogP contribution in [0.4, 0.5) is 0 Å². The van der Waals surface area contributed by atoms with Gasteiger partial charge in [0.05, 0.1) is 0 Å². The lowest BCUT2D eigenvalue weighted by molar-refractivity contribution is 0.164. The molecule has 1 aliphatic heterocycles. The Hall–Kier alpha value is -0.660. The van der Waals surface area contributed by atoms with E-state index in [1.807, 2.05) is 12.1 Å². The third-order valence-corrected chi connectivity index (χ3v) is 5.69. The lowest BCUT2D eigenvalue weighted by Gasteiger charge is -2.31. The molecule has 0 saturated carbocycles. The molecule has 0 spiro atoms. The van der Waals surface area contributed by atoms with Crippen molar-refractivity contribution in [2.45, 2.75) is 25.8 Å². The van der Waals surface area contributed by atoms with E-state index in [0.717, 1.165) is 18.4 Å². The second-order valence-corrected chi connectivity index (χ2v) is 7.58. The van der Waals surface area contributed by atoms with Crippen LogP contribution < -0.4 is 4.72 Å². The van der Waals surface area contributed by atoms with E-state index in [-0.39, 0.29) is 18.6 Å².